The molecule has 1 aliphatic heterocycles. The van der Waals surface area contributed by atoms with Crippen molar-refractivity contribution in [3.8, 4) is 0 Å². The van der Waals surface area contributed by atoms with Gasteiger partial charge in [-0.3, -0.25) is 0 Å². The molecule has 0 saturated carbocycles. The van der Waals surface area contributed by atoms with E-state index in [2.05, 4.69) is 18.2 Å². The number of ether oxygens (including phenoxy) is 1. The van der Waals surface area contributed by atoms with E-state index in [9.17, 15) is 5.11 Å². The summed E-state index contributed by atoms with van der Waals surface area (Å²) in [7, 11) is 0. The van der Waals surface area contributed by atoms with Gasteiger partial charge in [-0.05, 0) is 16.7 Å². The van der Waals surface area contributed by atoms with Gasteiger partial charge in [-0.2, -0.15) is 0 Å². The minimum absolute atomic E-state index is 0.0281. The van der Waals surface area contributed by atoms with Gasteiger partial charge in [0.25, 0.3) is 0 Å². The second-order valence-corrected chi connectivity index (χ2v) is 4.23. The Morgan fingerprint density at radius 2 is 1.53 bits per heavy atom. The van der Waals surface area contributed by atoms with Gasteiger partial charge in [-0.25, -0.2) is 0 Å². The predicted octanol–water partition coefficient (Wildman–Crippen LogP) is 2.84. The molecule has 0 unspecified atom stereocenters. The van der Waals surface area contributed by atoms with Crippen LogP contribution < -0.4 is 0 Å². The van der Waals surface area contributed by atoms with Gasteiger partial charge in [0.05, 0.1) is 6.61 Å². The highest BCUT2D eigenvalue weighted by atomic mass is 16.5. The lowest BCUT2D eigenvalue weighted by Gasteiger charge is -2.13. The molecular weight excluding hydrogens is 212 g/mol. The smallest absolute Gasteiger partial charge is 0.109 e. The van der Waals surface area contributed by atoms with Crippen LogP contribution >= 0.6 is 0 Å². The Balaban J connectivity index is 2.05. The predicted molar refractivity (Wildman–Crippen MR) is 65.6 cm³/mol. The van der Waals surface area contributed by atoms with Crippen LogP contribution in [0.1, 0.15) is 28.9 Å². The maximum Gasteiger partial charge on any atom is 0.109 e. The summed E-state index contributed by atoms with van der Waals surface area (Å²) < 4.78 is 5.92. The summed E-state index contributed by atoms with van der Waals surface area (Å²) in [5.41, 5.74) is 3.40. The van der Waals surface area contributed by atoms with Crippen molar-refractivity contribution in [1.29, 1.82) is 0 Å². The van der Waals surface area contributed by atoms with Crippen molar-refractivity contribution in [2.75, 3.05) is 6.61 Å². The monoisotopic (exact) mass is 226 g/mol. The molecule has 2 nitrogen and oxygen atoms in total. The summed E-state index contributed by atoms with van der Waals surface area (Å²) >= 11 is 0. The number of aliphatic hydroxyl groups is 1. The van der Waals surface area contributed by atoms with E-state index in [1.165, 1.54) is 0 Å². The van der Waals surface area contributed by atoms with Crippen molar-refractivity contribution < 1.29 is 9.84 Å². The zero-order valence-corrected chi connectivity index (χ0v) is 9.41. The molecule has 2 atom stereocenters. The largest absolute Gasteiger partial charge is 0.393 e. The van der Waals surface area contributed by atoms with Crippen LogP contribution in [0.4, 0.5) is 0 Å². The standard InChI is InChI=1S/C15H14O2/c16-10-14-12-8-4-5-9-13(12)15(17-14)11-6-2-1-3-7-11/h1-9,14-16H,10H2/t14-,15+/m1/s1. The molecule has 0 spiro atoms. The Labute approximate surface area is 100 Å². The third-order valence-electron chi connectivity index (χ3n) is 3.19. The normalized spacial score (nSPS) is 22.4. The summed E-state index contributed by atoms with van der Waals surface area (Å²) in [6.45, 7) is 0.0281. The summed E-state index contributed by atoms with van der Waals surface area (Å²) in [4.78, 5) is 0. The molecule has 1 heterocycles. The van der Waals surface area contributed by atoms with Crippen LogP contribution in [0, 0.1) is 0 Å². The minimum Gasteiger partial charge on any atom is -0.393 e. The summed E-state index contributed by atoms with van der Waals surface area (Å²) in [6.07, 6.45) is -0.249. The van der Waals surface area contributed by atoms with Crippen LogP contribution in [0.15, 0.2) is 54.6 Å². The fourth-order valence-corrected chi connectivity index (χ4v) is 2.38. The lowest BCUT2D eigenvalue weighted by Crippen LogP contribution is -2.03. The highest BCUT2D eigenvalue weighted by molar-refractivity contribution is 5.40. The third kappa shape index (κ3) is 1.75. The first-order valence-electron chi connectivity index (χ1n) is 5.80. The second kappa shape index (κ2) is 4.32. The van der Waals surface area contributed by atoms with Crippen molar-refractivity contribution >= 4 is 0 Å². The zero-order chi connectivity index (χ0) is 11.7. The average Bonchev–Trinajstić information content (AvgIpc) is 2.78. The van der Waals surface area contributed by atoms with Crippen LogP contribution in [-0.2, 0) is 4.74 Å². The van der Waals surface area contributed by atoms with Crippen molar-refractivity contribution in [1.82, 2.24) is 0 Å². The molecule has 0 radical (unpaired) electrons. The maximum atomic E-state index is 9.35. The molecule has 17 heavy (non-hydrogen) atoms. The summed E-state index contributed by atoms with van der Waals surface area (Å²) in [6, 6.07) is 18.2. The van der Waals surface area contributed by atoms with E-state index in [4.69, 9.17) is 4.74 Å². The Kier molecular flexibility index (Phi) is 2.67. The first-order chi connectivity index (χ1) is 8.40. The molecule has 0 amide bonds. The van der Waals surface area contributed by atoms with Gasteiger partial charge in [0.15, 0.2) is 0 Å². The fourth-order valence-electron chi connectivity index (χ4n) is 2.38. The molecule has 2 heteroatoms. The number of benzene rings is 2. The van der Waals surface area contributed by atoms with Gasteiger partial charge < -0.3 is 9.84 Å². The molecule has 0 aliphatic carbocycles. The Morgan fingerprint density at radius 3 is 2.24 bits per heavy atom. The number of fused-ring (bicyclic) bond motifs is 1. The van der Waals surface area contributed by atoms with Crippen molar-refractivity contribution in [2.45, 2.75) is 12.2 Å². The van der Waals surface area contributed by atoms with Gasteiger partial charge in [-0.15, -0.1) is 0 Å². The molecule has 1 aliphatic rings. The van der Waals surface area contributed by atoms with Gasteiger partial charge >= 0.3 is 0 Å². The van der Waals surface area contributed by atoms with Gasteiger partial charge in [-0.1, -0.05) is 54.6 Å². The van der Waals surface area contributed by atoms with E-state index in [0.29, 0.717) is 0 Å². The molecule has 0 fully saturated rings. The van der Waals surface area contributed by atoms with Crippen LogP contribution in [-0.4, -0.2) is 11.7 Å². The van der Waals surface area contributed by atoms with Crippen LogP contribution in [0.3, 0.4) is 0 Å². The Bertz CT molecular complexity index is 507. The Morgan fingerprint density at radius 1 is 0.882 bits per heavy atom. The van der Waals surface area contributed by atoms with E-state index in [1.807, 2.05) is 36.4 Å². The van der Waals surface area contributed by atoms with Crippen molar-refractivity contribution in [3.63, 3.8) is 0 Å². The van der Waals surface area contributed by atoms with Crippen molar-refractivity contribution in [2.24, 2.45) is 0 Å². The molecular formula is C15H14O2. The average molecular weight is 226 g/mol. The van der Waals surface area contributed by atoms with Gasteiger partial charge in [0.2, 0.25) is 0 Å². The van der Waals surface area contributed by atoms with Crippen LogP contribution in [0.5, 0.6) is 0 Å². The quantitative estimate of drug-likeness (QED) is 0.853. The molecule has 0 aromatic heterocycles. The molecule has 0 bridgehead atoms. The molecule has 2 aromatic rings. The summed E-state index contributed by atoms with van der Waals surface area (Å²) in [5, 5.41) is 9.35. The lowest BCUT2D eigenvalue weighted by atomic mass is 9.98. The number of aliphatic hydroxyl groups excluding tert-OH is 1. The zero-order valence-electron chi connectivity index (χ0n) is 9.41. The molecule has 86 valence electrons. The maximum absolute atomic E-state index is 9.35. The van der Waals surface area contributed by atoms with Crippen LogP contribution in [0.2, 0.25) is 0 Å². The Hall–Kier alpha value is -1.64. The van der Waals surface area contributed by atoms with Crippen molar-refractivity contribution in [3.05, 3.63) is 71.3 Å². The number of hydrogen-bond donors (Lipinski definition) is 1. The van der Waals surface area contributed by atoms with E-state index >= 15 is 0 Å². The first-order valence-corrected chi connectivity index (χ1v) is 5.80. The SMILES string of the molecule is OC[C@H]1O[C@@H](c2ccccc2)c2ccccc21. The number of hydrogen-bond acceptors (Lipinski definition) is 2. The highest BCUT2D eigenvalue weighted by Gasteiger charge is 2.31. The van der Waals surface area contributed by atoms with E-state index in [-0.39, 0.29) is 18.8 Å². The van der Waals surface area contributed by atoms with Gasteiger partial charge in [0.1, 0.15) is 12.2 Å². The fraction of sp³-hybridized carbons (Fsp3) is 0.200. The molecule has 0 saturated heterocycles. The second-order valence-electron chi connectivity index (χ2n) is 4.23. The summed E-state index contributed by atoms with van der Waals surface area (Å²) in [5.74, 6) is 0. The lowest BCUT2D eigenvalue weighted by molar-refractivity contribution is -0.00131. The molecule has 2 aromatic carbocycles. The minimum atomic E-state index is -0.198. The van der Waals surface area contributed by atoms with E-state index in [1.54, 1.807) is 0 Å². The van der Waals surface area contributed by atoms with Crippen LogP contribution in [0.25, 0.3) is 0 Å². The third-order valence-corrected chi connectivity index (χ3v) is 3.19. The van der Waals surface area contributed by atoms with E-state index < -0.39 is 0 Å². The topological polar surface area (TPSA) is 29.5 Å². The first kappa shape index (κ1) is 10.5. The molecule has 1 N–H and O–H groups in total. The van der Waals surface area contributed by atoms with Gasteiger partial charge in [0, 0.05) is 0 Å². The molecule has 3 rings (SSSR count). The number of rotatable bonds is 2. The van der Waals surface area contributed by atoms with E-state index in [0.717, 1.165) is 16.7 Å². The highest BCUT2D eigenvalue weighted by Crippen LogP contribution is 2.42.